The molecule has 3 N–H and O–H groups in total. The number of aliphatic hydroxyl groups excluding tert-OH is 1. The van der Waals surface area contributed by atoms with Crippen molar-refractivity contribution in [2.45, 2.75) is 31.9 Å². The highest BCUT2D eigenvalue weighted by atomic mass is 16.3. The molecule has 78 valence electrons. The number of rotatable bonds is 4. The van der Waals surface area contributed by atoms with Crippen LogP contribution in [0, 0.1) is 5.92 Å². The lowest BCUT2D eigenvalue weighted by Gasteiger charge is -2.09. The van der Waals surface area contributed by atoms with Gasteiger partial charge in [0.1, 0.15) is 0 Å². The third-order valence-electron chi connectivity index (χ3n) is 2.92. The Morgan fingerprint density at radius 3 is 3.07 bits per heavy atom. The van der Waals surface area contributed by atoms with E-state index in [0.717, 1.165) is 25.9 Å². The van der Waals surface area contributed by atoms with E-state index in [-0.39, 0.29) is 6.10 Å². The summed E-state index contributed by atoms with van der Waals surface area (Å²) in [7, 11) is 0. The highest BCUT2D eigenvalue weighted by Crippen LogP contribution is 2.24. The molecule has 0 aromatic carbocycles. The molecule has 3 heteroatoms. The molecule has 1 fully saturated rings. The van der Waals surface area contributed by atoms with Gasteiger partial charge in [-0.1, -0.05) is 0 Å². The average Bonchev–Trinajstić information content (AvgIpc) is 2.77. The first kappa shape index (κ1) is 9.74. The first-order chi connectivity index (χ1) is 6.84. The van der Waals surface area contributed by atoms with Crippen molar-refractivity contribution >= 4 is 0 Å². The number of aromatic nitrogens is 1. The van der Waals surface area contributed by atoms with Gasteiger partial charge in [0.2, 0.25) is 0 Å². The predicted octanol–water partition coefficient (Wildman–Crippen LogP) is 1.27. The molecular formula is C11H18N2O. The van der Waals surface area contributed by atoms with Crippen molar-refractivity contribution in [1.82, 2.24) is 10.3 Å². The zero-order valence-corrected chi connectivity index (χ0v) is 8.37. The lowest BCUT2D eigenvalue weighted by molar-refractivity contribution is 0.177. The lowest BCUT2D eigenvalue weighted by atomic mass is 10.1. The SMILES string of the molecule is OC1CCC(CNCc2ccc[nH]2)C1. The fourth-order valence-electron chi connectivity index (χ4n) is 2.12. The van der Waals surface area contributed by atoms with Crippen LogP contribution in [-0.4, -0.2) is 22.7 Å². The fourth-order valence-corrected chi connectivity index (χ4v) is 2.12. The van der Waals surface area contributed by atoms with Crippen molar-refractivity contribution in [3.63, 3.8) is 0 Å². The lowest BCUT2D eigenvalue weighted by Crippen LogP contribution is -2.21. The molecule has 0 saturated heterocycles. The van der Waals surface area contributed by atoms with Crippen molar-refractivity contribution in [3.8, 4) is 0 Å². The molecule has 1 aliphatic carbocycles. The number of hydrogen-bond donors (Lipinski definition) is 3. The van der Waals surface area contributed by atoms with E-state index in [1.54, 1.807) is 0 Å². The van der Waals surface area contributed by atoms with E-state index < -0.39 is 0 Å². The summed E-state index contributed by atoms with van der Waals surface area (Å²) in [5, 5.41) is 12.8. The van der Waals surface area contributed by atoms with Gasteiger partial charge in [0.05, 0.1) is 6.10 Å². The second-order valence-electron chi connectivity index (χ2n) is 4.16. The van der Waals surface area contributed by atoms with Crippen LogP contribution in [0.25, 0.3) is 0 Å². The minimum absolute atomic E-state index is 0.0488. The summed E-state index contributed by atoms with van der Waals surface area (Å²) in [5.41, 5.74) is 1.23. The van der Waals surface area contributed by atoms with E-state index in [1.807, 2.05) is 12.3 Å². The van der Waals surface area contributed by atoms with E-state index in [9.17, 15) is 5.11 Å². The fraction of sp³-hybridized carbons (Fsp3) is 0.636. The van der Waals surface area contributed by atoms with Crippen molar-refractivity contribution in [2.24, 2.45) is 5.92 Å². The maximum Gasteiger partial charge on any atom is 0.0543 e. The van der Waals surface area contributed by atoms with E-state index >= 15 is 0 Å². The second-order valence-corrected chi connectivity index (χ2v) is 4.16. The normalized spacial score (nSPS) is 26.9. The molecule has 14 heavy (non-hydrogen) atoms. The molecule has 0 bridgehead atoms. The van der Waals surface area contributed by atoms with Crippen molar-refractivity contribution in [1.29, 1.82) is 0 Å². The van der Waals surface area contributed by atoms with Gasteiger partial charge in [0, 0.05) is 18.4 Å². The molecule has 0 radical (unpaired) electrons. The van der Waals surface area contributed by atoms with Gasteiger partial charge in [0.15, 0.2) is 0 Å². The van der Waals surface area contributed by atoms with Crippen molar-refractivity contribution in [2.75, 3.05) is 6.54 Å². The van der Waals surface area contributed by atoms with Crippen LogP contribution < -0.4 is 5.32 Å². The van der Waals surface area contributed by atoms with E-state index in [0.29, 0.717) is 5.92 Å². The van der Waals surface area contributed by atoms with Gasteiger partial charge in [-0.15, -0.1) is 0 Å². The highest BCUT2D eigenvalue weighted by molar-refractivity contribution is 5.02. The summed E-state index contributed by atoms with van der Waals surface area (Å²) < 4.78 is 0. The minimum Gasteiger partial charge on any atom is -0.393 e. The van der Waals surface area contributed by atoms with Crippen molar-refractivity contribution < 1.29 is 5.11 Å². The Balaban J connectivity index is 1.64. The highest BCUT2D eigenvalue weighted by Gasteiger charge is 2.21. The van der Waals surface area contributed by atoms with Gasteiger partial charge in [-0.2, -0.15) is 0 Å². The van der Waals surface area contributed by atoms with Crippen LogP contribution in [0.1, 0.15) is 25.0 Å². The zero-order valence-electron chi connectivity index (χ0n) is 8.37. The van der Waals surface area contributed by atoms with Gasteiger partial charge >= 0.3 is 0 Å². The van der Waals surface area contributed by atoms with Gasteiger partial charge in [-0.05, 0) is 43.9 Å². The molecule has 0 spiro atoms. The van der Waals surface area contributed by atoms with Gasteiger partial charge in [-0.25, -0.2) is 0 Å². The molecule has 0 amide bonds. The van der Waals surface area contributed by atoms with E-state index in [4.69, 9.17) is 0 Å². The van der Waals surface area contributed by atoms with Crippen LogP contribution in [0.15, 0.2) is 18.3 Å². The van der Waals surface area contributed by atoms with Gasteiger partial charge in [0.25, 0.3) is 0 Å². The number of hydrogen-bond acceptors (Lipinski definition) is 2. The monoisotopic (exact) mass is 194 g/mol. The minimum atomic E-state index is -0.0488. The third kappa shape index (κ3) is 2.59. The smallest absolute Gasteiger partial charge is 0.0543 e. The summed E-state index contributed by atoms with van der Waals surface area (Å²) in [4.78, 5) is 3.16. The van der Waals surface area contributed by atoms with Crippen LogP contribution in [0.2, 0.25) is 0 Å². The van der Waals surface area contributed by atoms with Crippen LogP contribution in [0.5, 0.6) is 0 Å². The summed E-state index contributed by atoms with van der Waals surface area (Å²) in [5.74, 6) is 0.667. The molecule has 1 aromatic heterocycles. The second kappa shape index (κ2) is 4.62. The van der Waals surface area contributed by atoms with Crippen LogP contribution in [0.3, 0.4) is 0 Å². The van der Waals surface area contributed by atoms with E-state index in [2.05, 4.69) is 16.4 Å². The molecule has 2 rings (SSSR count). The van der Waals surface area contributed by atoms with E-state index in [1.165, 1.54) is 12.1 Å². The number of nitrogens with one attached hydrogen (secondary N) is 2. The Kier molecular flexibility index (Phi) is 3.22. The van der Waals surface area contributed by atoms with Crippen LogP contribution >= 0.6 is 0 Å². The summed E-state index contributed by atoms with van der Waals surface area (Å²) in [6.45, 7) is 1.93. The Hall–Kier alpha value is -0.800. The molecule has 1 aliphatic rings. The molecule has 3 nitrogen and oxygen atoms in total. The summed E-state index contributed by atoms with van der Waals surface area (Å²) in [6, 6.07) is 4.09. The quantitative estimate of drug-likeness (QED) is 0.676. The van der Waals surface area contributed by atoms with Crippen LogP contribution in [-0.2, 0) is 6.54 Å². The number of aliphatic hydroxyl groups is 1. The molecule has 1 aromatic rings. The zero-order chi connectivity index (χ0) is 9.80. The molecule has 0 aliphatic heterocycles. The topological polar surface area (TPSA) is 48.0 Å². The first-order valence-electron chi connectivity index (χ1n) is 5.35. The Morgan fingerprint density at radius 2 is 2.43 bits per heavy atom. The maximum absolute atomic E-state index is 9.35. The average molecular weight is 194 g/mol. The molecule has 2 unspecified atom stereocenters. The molecule has 1 saturated carbocycles. The maximum atomic E-state index is 9.35. The third-order valence-corrected chi connectivity index (χ3v) is 2.92. The largest absolute Gasteiger partial charge is 0.393 e. The van der Waals surface area contributed by atoms with Gasteiger partial charge in [-0.3, -0.25) is 0 Å². The Labute approximate surface area is 84.5 Å². The van der Waals surface area contributed by atoms with Gasteiger partial charge < -0.3 is 15.4 Å². The summed E-state index contributed by atoms with van der Waals surface area (Å²) in [6.07, 6.45) is 5.01. The van der Waals surface area contributed by atoms with Crippen LogP contribution in [0.4, 0.5) is 0 Å². The first-order valence-corrected chi connectivity index (χ1v) is 5.35. The summed E-state index contributed by atoms with van der Waals surface area (Å²) >= 11 is 0. The molecule has 2 atom stereocenters. The predicted molar refractivity (Wildman–Crippen MR) is 55.8 cm³/mol. The van der Waals surface area contributed by atoms with Crippen molar-refractivity contribution in [3.05, 3.63) is 24.0 Å². The number of H-pyrrole nitrogens is 1. The number of aromatic amines is 1. The molecule has 1 heterocycles. The Morgan fingerprint density at radius 1 is 1.50 bits per heavy atom. The standard InChI is InChI=1S/C11H18N2O/c14-11-4-3-9(6-11)7-12-8-10-2-1-5-13-10/h1-2,5,9,11-14H,3-4,6-8H2. The molecular weight excluding hydrogens is 176 g/mol. The Bertz CT molecular complexity index is 258.